The Kier molecular flexibility index (Phi) is 9.57. The van der Waals surface area contributed by atoms with Crippen LogP contribution in [0.3, 0.4) is 0 Å². The highest BCUT2D eigenvalue weighted by Crippen LogP contribution is 2.22. The molecule has 2 rings (SSSR count). The van der Waals surface area contributed by atoms with Crippen LogP contribution in [0, 0.1) is 0 Å². The van der Waals surface area contributed by atoms with E-state index < -0.39 is 23.0 Å². The standard InChI is InChI=1S/C23H31ClFN5O4/c1-15(2)34-16(3)23(5,10-11-25)28-20-27-21(32)29(13-12-26-17(4)31)22(33)30(20)14-18-6-8-19(24)9-7-18/h6-11,15-16H,12-14H2,1-5H3,(H,26,31)(H,27,28,32)/b11-10+/t16-,23?/m0/s1. The molecule has 1 aromatic heterocycles. The number of nitrogens with one attached hydrogen (secondary N) is 2. The molecule has 1 heterocycles. The molecule has 0 bridgehead atoms. The van der Waals surface area contributed by atoms with Gasteiger partial charge in [0.25, 0.3) is 0 Å². The van der Waals surface area contributed by atoms with Gasteiger partial charge < -0.3 is 15.4 Å². The summed E-state index contributed by atoms with van der Waals surface area (Å²) in [5.74, 6) is -0.325. The Hall–Kier alpha value is -2.98. The van der Waals surface area contributed by atoms with Crippen LogP contribution in [0.2, 0.25) is 5.02 Å². The fourth-order valence-electron chi connectivity index (χ4n) is 3.27. The summed E-state index contributed by atoms with van der Waals surface area (Å²) in [5.41, 5.74) is -1.83. The molecule has 2 aromatic rings. The quantitative estimate of drug-likeness (QED) is 0.496. The maximum Gasteiger partial charge on any atom is 0.354 e. The summed E-state index contributed by atoms with van der Waals surface area (Å²) >= 11 is 5.97. The van der Waals surface area contributed by atoms with Crippen molar-refractivity contribution in [3.05, 3.63) is 68.2 Å². The predicted molar refractivity (Wildman–Crippen MR) is 130 cm³/mol. The van der Waals surface area contributed by atoms with Gasteiger partial charge >= 0.3 is 11.4 Å². The van der Waals surface area contributed by atoms with Crippen molar-refractivity contribution in [2.45, 2.75) is 65.5 Å². The lowest BCUT2D eigenvalue weighted by molar-refractivity contribution is -0.119. The second-order valence-corrected chi connectivity index (χ2v) is 8.81. The molecule has 0 spiro atoms. The van der Waals surface area contributed by atoms with Crippen molar-refractivity contribution in [2.24, 2.45) is 0 Å². The molecule has 186 valence electrons. The van der Waals surface area contributed by atoms with Crippen molar-refractivity contribution in [3.8, 4) is 0 Å². The lowest BCUT2D eigenvalue weighted by atomic mass is 9.95. The zero-order valence-corrected chi connectivity index (χ0v) is 20.7. The number of rotatable bonds is 11. The SMILES string of the molecule is CC(=O)NCCn1c(=O)nc(NC(C)(/C=C/F)[C@H](C)OC(C)C)n(Cc2ccc(Cl)cc2)c1=O. The number of ether oxygens (including phenoxy) is 1. The molecular weight excluding hydrogens is 465 g/mol. The fraction of sp³-hybridized carbons (Fsp3) is 0.478. The van der Waals surface area contributed by atoms with Crippen LogP contribution in [-0.2, 0) is 22.6 Å². The van der Waals surface area contributed by atoms with Gasteiger partial charge in [0, 0.05) is 25.0 Å². The molecule has 0 aliphatic heterocycles. The van der Waals surface area contributed by atoms with Crippen LogP contribution < -0.4 is 22.0 Å². The first-order chi connectivity index (χ1) is 16.0. The largest absolute Gasteiger partial charge is 0.373 e. The number of halogens is 2. The molecule has 1 aromatic carbocycles. The van der Waals surface area contributed by atoms with E-state index in [4.69, 9.17) is 16.3 Å². The Labute approximate surface area is 202 Å². The van der Waals surface area contributed by atoms with E-state index in [2.05, 4.69) is 15.6 Å². The molecular formula is C23H31ClFN5O4. The van der Waals surface area contributed by atoms with E-state index in [1.54, 1.807) is 38.1 Å². The van der Waals surface area contributed by atoms with Crippen LogP contribution in [0.15, 0.2) is 46.3 Å². The summed E-state index contributed by atoms with van der Waals surface area (Å²) < 4.78 is 21.4. The third kappa shape index (κ3) is 7.26. The van der Waals surface area contributed by atoms with E-state index in [1.807, 2.05) is 13.8 Å². The summed E-state index contributed by atoms with van der Waals surface area (Å²) in [7, 11) is 0. The van der Waals surface area contributed by atoms with Crippen molar-refractivity contribution in [3.63, 3.8) is 0 Å². The summed E-state index contributed by atoms with van der Waals surface area (Å²) in [5, 5.41) is 6.13. The zero-order chi connectivity index (χ0) is 25.5. The van der Waals surface area contributed by atoms with E-state index >= 15 is 0 Å². The lowest BCUT2D eigenvalue weighted by Gasteiger charge is -2.35. The zero-order valence-electron chi connectivity index (χ0n) is 20.0. The van der Waals surface area contributed by atoms with Crippen molar-refractivity contribution < 1.29 is 13.9 Å². The summed E-state index contributed by atoms with van der Waals surface area (Å²) in [6.45, 7) is 8.57. The number of anilines is 1. The minimum Gasteiger partial charge on any atom is -0.373 e. The van der Waals surface area contributed by atoms with E-state index in [0.717, 1.165) is 10.1 Å². The Morgan fingerprint density at radius 1 is 1.24 bits per heavy atom. The summed E-state index contributed by atoms with van der Waals surface area (Å²) in [4.78, 5) is 41.3. The monoisotopic (exact) mass is 495 g/mol. The number of aromatic nitrogens is 3. The molecule has 11 heteroatoms. The second kappa shape index (κ2) is 11.9. The Morgan fingerprint density at radius 3 is 2.44 bits per heavy atom. The first-order valence-corrected chi connectivity index (χ1v) is 11.3. The maximum atomic E-state index is 13.3. The van der Waals surface area contributed by atoms with Crippen LogP contribution in [-0.4, -0.2) is 44.3 Å². The molecule has 34 heavy (non-hydrogen) atoms. The highest BCUT2D eigenvalue weighted by atomic mass is 35.5. The van der Waals surface area contributed by atoms with E-state index in [0.29, 0.717) is 11.4 Å². The number of nitrogens with zero attached hydrogens (tertiary/aromatic N) is 3. The molecule has 0 saturated carbocycles. The Bertz CT molecular complexity index is 1130. The number of carbonyl (C=O) groups excluding carboxylic acids is 1. The highest BCUT2D eigenvalue weighted by Gasteiger charge is 2.32. The highest BCUT2D eigenvalue weighted by molar-refractivity contribution is 6.30. The molecule has 0 aliphatic rings. The van der Waals surface area contributed by atoms with Crippen LogP contribution in [0.4, 0.5) is 10.3 Å². The van der Waals surface area contributed by atoms with Crippen LogP contribution in [0.25, 0.3) is 0 Å². The van der Waals surface area contributed by atoms with Crippen molar-refractivity contribution >= 4 is 23.5 Å². The second-order valence-electron chi connectivity index (χ2n) is 8.38. The number of hydrogen-bond donors (Lipinski definition) is 2. The minimum absolute atomic E-state index is 0.0412. The molecule has 2 atom stereocenters. The van der Waals surface area contributed by atoms with Gasteiger partial charge in [-0.05, 0) is 51.5 Å². The van der Waals surface area contributed by atoms with Crippen LogP contribution in [0.1, 0.15) is 40.2 Å². The van der Waals surface area contributed by atoms with Gasteiger partial charge in [-0.3, -0.25) is 9.36 Å². The first kappa shape index (κ1) is 27.3. The third-order valence-electron chi connectivity index (χ3n) is 5.22. The van der Waals surface area contributed by atoms with Gasteiger partial charge in [0.1, 0.15) is 0 Å². The van der Waals surface area contributed by atoms with Gasteiger partial charge in [0.15, 0.2) is 0 Å². The molecule has 1 amide bonds. The summed E-state index contributed by atoms with van der Waals surface area (Å²) in [6, 6.07) is 6.86. The lowest BCUT2D eigenvalue weighted by Crippen LogP contribution is -2.50. The van der Waals surface area contributed by atoms with E-state index in [1.165, 1.54) is 17.6 Å². The van der Waals surface area contributed by atoms with Gasteiger partial charge in [0.2, 0.25) is 11.9 Å². The summed E-state index contributed by atoms with van der Waals surface area (Å²) in [6.07, 6.45) is 0.947. The number of hydrogen-bond acceptors (Lipinski definition) is 6. The minimum atomic E-state index is -1.13. The van der Waals surface area contributed by atoms with Crippen LogP contribution >= 0.6 is 11.6 Å². The van der Waals surface area contributed by atoms with E-state index in [-0.39, 0.29) is 37.6 Å². The average Bonchev–Trinajstić information content (AvgIpc) is 2.74. The van der Waals surface area contributed by atoms with Crippen LogP contribution in [0.5, 0.6) is 0 Å². The average molecular weight is 496 g/mol. The number of amides is 1. The van der Waals surface area contributed by atoms with Gasteiger partial charge in [-0.1, -0.05) is 23.7 Å². The van der Waals surface area contributed by atoms with Gasteiger partial charge in [-0.25, -0.2) is 18.5 Å². The third-order valence-corrected chi connectivity index (χ3v) is 5.48. The first-order valence-electron chi connectivity index (χ1n) is 10.9. The molecule has 9 nitrogen and oxygen atoms in total. The Balaban J connectivity index is 2.57. The molecule has 0 aliphatic carbocycles. The number of benzene rings is 1. The smallest absolute Gasteiger partial charge is 0.354 e. The molecule has 0 fully saturated rings. The molecule has 2 N–H and O–H groups in total. The van der Waals surface area contributed by atoms with Crippen molar-refractivity contribution in [1.29, 1.82) is 0 Å². The van der Waals surface area contributed by atoms with Crippen molar-refractivity contribution in [1.82, 2.24) is 19.4 Å². The van der Waals surface area contributed by atoms with Gasteiger partial charge in [0.05, 0.1) is 30.6 Å². The topological polar surface area (TPSA) is 107 Å². The normalized spacial score (nSPS) is 14.2. The predicted octanol–water partition coefficient (Wildman–Crippen LogP) is 2.71. The fourth-order valence-corrected chi connectivity index (χ4v) is 3.40. The molecule has 1 unspecified atom stereocenters. The number of carbonyl (C=O) groups is 1. The Morgan fingerprint density at radius 2 is 1.88 bits per heavy atom. The van der Waals surface area contributed by atoms with Crippen molar-refractivity contribution in [2.75, 3.05) is 11.9 Å². The van der Waals surface area contributed by atoms with E-state index in [9.17, 15) is 18.8 Å². The molecule has 0 radical (unpaired) electrons. The van der Waals surface area contributed by atoms with Gasteiger partial charge in [-0.2, -0.15) is 4.98 Å². The maximum absolute atomic E-state index is 13.3. The van der Waals surface area contributed by atoms with Gasteiger partial charge in [-0.15, -0.1) is 0 Å². The molecule has 0 saturated heterocycles.